The van der Waals surface area contributed by atoms with E-state index in [0.717, 1.165) is 13.1 Å². The van der Waals surface area contributed by atoms with Crippen LogP contribution < -0.4 is 15.4 Å². The average Bonchev–Trinajstić information content (AvgIpc) is 3.63. The van der Waals surface area contributed by atoms with Crippen LogP contribution in [-0.4, -0.2) is 94.6 Å². The van der Waals surface area contributed by atoms with E-state index in [1.807, 2.05) is 0 Å². The van der Waals surface area contributed by atoms with Gasteiger partial charge in [0.1, 0.15) is 12.6 Å². The van der Waals surface area contributed by atoms with E-state index in [9.17, 15) is 18.0 Å². The lowest BCUT2D eigenvalue weighted by Gasteiger charge is -2.36. The molecule has 0 bridgehead atoms. The highest BCUT2D eigenvalue weighted by atomic mass is 32.2. The maximum atomic E-state index is 13.0. The van der Waals surface area contributed by atoms with Crippen LogP contribution in [0.25, 0.3) is 0 Å². The molecule has 0 radical (unpaired) electrons. The van der Waals surface area contributed by atoms with Crippen molar-refractivity contribution in [3.63, 3.8) is 0 Å². The minimum absolute atomic E-state index is 0.0194. The third-order valence-electron chi connectivity index (χ3n) is 5.95. The van der Waals surface area contributed by atoms with Crippen LogP contribution in [0.2, 0.25) is 0 Å². The van der Waals surface area contributed by atoms with Gasteiger partial charge in [0, 0.05) is 51.0 Å². The molecule has 2 heterocycles. The Morgan fingerprint density at radius 2 is 1.94 bits per heavy atom. The predicted octanol–water partition coefficient (Wildman–Crippen LogP) is -1.04. The lowest BCUT2D eigenvalue weighted by molar-refractivity contribution is -0.134. The number of hydrogen-bond acceptors (Lipinski definition) is 7. The summed E-state index contributed by atoms with van der Waals surface area (Å²) in [6.07, 6.45) is 2.43. The molecule has 3 fully saturated rings. The maximum absolute atomic E-state index is 13.0. The van der Waals surface area contributed by atoms with Crippen molar-refractivity contribution in [2.24, 2.45) is 5.73 Å². The van der Waals surface area contributed by atoms with Crippen LogP contribution >= 0.6 is 0 Å². The summed E-state index contributed by atoms with van der Waals surface area (Å²) >= 11 is 0. The number of nitrogens with one attached hydrogen (secondary N) is 1. The normalized spacial score (nSPS) is 21.9. The minimum atomic E-state index is -4.01. The summed E-state index contributed by atoms with van der Waals surface area (Å²) in [7, 11) is -4.01. The van der Waals surface area contributed by atoms with Crippen LogP contribution in [0.3, 0.4) is 0 Å². The van der Waals surface area contributed by atoms with E-state index in [4.69, 9.17) is 10.5 Å². The zero-order valence-electron chi connectivity index (χ0n) is 17.4. The molecule has 1 atom stereocenters. The Balaban J connectivity index is 1.43. The molecular weight excluding hydrogens is 422 g/mol. The Hall–Kier alpha value is -2.05. The second-order valence-corrected chi connectivity index (χ2v) is 9.81. The highest BCUT2D eigenvalue weighted by molar-refractivity contribution is 7.89. The predicted molar refractivity (Wildman–Crippen MR) is 114 cm³/mol. The zero-order chi connectivity index (χ0) is 22.0. The first-order valence-electron chi connectivity index (χ1n) is 10.6. The second kappa shape index (κ2) is 9.21. The van der Waals surface area contributed by atoms with Gasteiger partial charge < -0.3 is 20.3 Å². The number of nitrogens with two attached hydrogens (primary N) is 1. The van der Waals surface area contributed by atoms with Gasteiger partial charge in [-0.15, -0.1) is 0 Å². The molecule has 2 saturated heterocycles. The molecule has 170 valence electrons. The summed E-state index contributed by atoms with van der Waals surface area (Å²) in [6.45, 7) is 3.32. The molecule has 1 aliphatic carbocycles. The van der Waals surface area contributed by atoms with E-state index in [0.29, 0.717) is 38.0 Å². The summed E-state index contributed by atoms with van der Waals surface area (Å²) < 4.78 is 33.5. The molecule has 1 aromatic rings. The lowest BCUT2D eigenvalue weighted by Crippen LogP contribution is -2.57. The molecule has 2 amide bonds. The molecule has 0 aromatic heterocycles. The molecule has 1 aromatic carbocycles. The Kier molecular flexibility index (Phi) is 6.58. The Labute approximate surface area is 182 Å². The third kappa shape index (κ3) is 5.07. The zero-order valence-corrected chi connectivity index (χ0v) is 18.2. The molecule has 4 rings (SSSR count). The van der Waals surface area contributed by atoms with Gasteiger partial charge in [-0.05, 0) is 31.0 Å². The van der Waals surface area contributed by atoms with Crippen molar-refractivity contribution in [3.05, 3.63) is 24.3 Å². The molecule has 2 aliphatic heterocycles. The van der Waals surface area contributed by atoms with E-state index in [1.54, 1.807) is 17.0 Å². The minimum Gasteiger partial charge on any atom is -0.370 e. The van der Waals surface area contributed by atoms with Crippen molar-refractivity contribution in [2.45, 2.75) is 29.8 Å². The molecule has 1 saturated carbocycles. The van der Waals surface area contributed by atoms with E-state index >= 15 is 0 Å². The van der Waals surface area contributed by atoms with E-state index in [1.165, 1.54) is 29.9 Å². The second-order valence-electron chi connectivity index (χ2n) is 8.10. The van der Waals surface area contributed by atoms with Crippen molar-refractivity contribution < 1.29 is 22.7 Å². The first-order chi connectivity index (χ1) is 14.9. The average molecular weight is 452 g/mol. The number of ether oxygens (including phenoxy) is 1. The highest BCUT2D eigenvalue weighted by Gasteiger charge is 2.35. The number of carbonyl (C=O) groups is 2. The number of carbonyl (C=O) groups excluding carboxylic acids is 2. The number of sulfonamides is 1. The fraction of sp³-hybridized carbons (Fsp3) is 0.600. The first kappa shape index (κ1) is 22.2. The molecule has 0 unspecified atom stereocenters. The van der Waals surface area contributed by atoms with Crippen LogP contribution in [0.5, 0.6) is 0 Å². The van der Waals surface area contributed by atoms with Crippen LogP contribution in [0.1, 0.15) is 12.8 Å². The van der Waals surface area contributed by atoms with E-state index in [2.05, 4.69) is 9.62 Å². The van der Waals surface area contributed by atoms with Crippen molar-refractivity contribution in [2.75, 3.05) is 57.4 Å². The number of piperazine rings is 1. The molecule has 0 spiro atoms. The molecule has 3 aliphatic rings. The topological polar surface area (TPSA) is 125 Å². The molecule has 10 nitrogen and oxygen atoms in total. The van der Waals surface area contributed by atoms with Crippen LogP contribution in [0.15, 0.2) is 29.2 Å². The van der Waals surface area contributed by atoms with Crippen LogP contribution in [0.4, 0.5) is 5.69 Å². The Bertz CT molecular complexity index is 928. The summed E-state index contributed by atoms with van der Waals surface area (Å²) in [6, 6.07) is 5.72. The summed E-state index contributed by atoms with van der Waals surface area (Å²) in [5.74, 6) is -0.532. The van der Waals surface area contributed by atoms with Gasteiger partial charge >= 0.3 is 0 Å². The maximum Gasteiger partial charge on any atom is 0.253 e. The van der Waals surface area contributed by atoms with Crippen molar-refractivity contribution in [1.82, 2.24) is 14.5 Å². The fourth-order valence-electron chi connectivity index (χ4n) is 4.03. The summed E-state index contributed by atoms with van der Waals surface area (Å²) in [5, 5.41) is 0. The van der Waals surface area contributed by atoms with Crippen LogP contribution in [-0.2, 0) is 24.3 Å². The lowest BCUT2D eigenvalue weighted by atomic mass is 10.2. The molecule has 3 N–H and O–H groups in total. The third-order valence-corrected chi connectivity index (χ3v) is 7.42. The summed E-state index contributed by atoms with van der Waals surface area (Å²) in [5.41, 5.74) is 6.24. The van der Waals surface area contributed by atoms with Crippen molar-refractivity contribution in [1.29, 1.82) is 0 Å². The highest BCUT2D eigenvalue weighted by Crippen LogP contribution is 2.27. The van der Waals surface area contributed by atoms with Gasteiger partial charge in [0.25, 0.3) is 5.91 Å². The quantitative estimate of drug-likeness (QED) is 0.543. The molecule has 31 heavy (non-hydrogen) atoms. The summed E-state index contributed by atoms with van der Waals surface area (Å²) in [4.78, 5) is 30.5. The number of amides is 2. The first-order valence-corrected chi connectivity index (χ1v) is 12.1. The smallest absolute Gasteiger partial charge is 0.253 e. The molecule has 11 heteroatoms. The van der Waals surface area contributed by atoms with Crippen LogP contribution in [0, 0.1) is 0 Å². The monoisotopic (exact) mass is 451 g/mol. The van der Waals surface area contributed by atoms with Gasteiger partial charge in [0.2, 0.25) is 15.9 Å². The number of benzene rings is 1. The number of hydrogen-bond donors (Lipinski definition) is 2. The number of morpholine rings is 1. The van der Waals surface area contributed by atoms with Gasteiger partial charge in [0.05, 0.1) is 11.5 Å². The van der Waals surface area contributed by atoms with Gasteiger partial charge in [0.15, 0.2) is 0 Å². The van der Waals surface area contributed by atoms with E-state index in [-0.39, 0.29) is 29.9 Å². The van der Waals surface area contributed by atoms with E-state index < -0.39 is 16.1 Å². The number of anilines is 1. The number of nitrogens with zero attached hydrogens (tertiary/aromatic N) is 3. The SMILES string of the molecule is NC[C@H](NS(=O)(=O)c1cccc(N2CCOCC2=O)c1)C(=O)N1CCN(C2CC2)CC1. The van der Waals surface area contributed by atoms with Gasteiger partial charge in [-0.25, -0.2) is 8.42 Å². The molecular formula is C20H29N5O5S. The standard InChI is InChI=1S/C20H29N5O5S/c21-13-18(20(27)24-8-6-23(7-9-24)15-4-5-15)22-31(28,29)17-3-1-2-16(12-17)25-10-11-30-14-19(25)26/h1-3,12,15,18,22H,4-11,13-14,21H2/t18-/m0/s1. The van der Waals surface area contributed by atoms with Crippen molar-refractivity contribution in [3.8, 4) is 0 Å². The van der Waals surface area contributed by atoms with Gasteiger partial charge in [-0.3, -0.25) is 14.5 Å². The van der Waals surface area contributed by atoms with Gasteiger partial charge in [-0.2, -0.15) is 4.72 Å². The Morgan fingerprint density at radius 3 is 2.58 bits per heavy atom. The largest absolute Gasteiger partial charge is 0.370 e. The van der Waals surface area contributed by atoms with Crippen molar-refractivity contribution >= 4 is 27.5 Å². The Morgan fingerprint density at radius 1 is 1.19 bits per heavy atom. The number of rotatable bonds is 7. The van der Waals surface area contributed by atoms with Gasteiger partial charge in [-0.1, -0.05) is 6.07 Å². The fourth-order valence-corrected chi connectivity index (χ4v) is 5.27.